The molecule has 1 aliphatic rings. The fourth-order valence-electron chi connectivity index (χ4n) is 4.58. The van der Waals surface area contributed by atoms with Crippen LogP contribution in [0.1, 0.15) is 37.3 Å². The number of imidazole rings is 1. The number of hydrogen-bond donors (Lipinski definition) is 3. The minimum Gasteiger partial charge on any atom is -0.496 e. The number of carbonyl (C=O) groups excluding carboxylic acids is 1. The number of rotatable bonds is 7. The van der Waals surface area contributed by atoms with E-state index in [-0.39, 0.29) is 29.1 Å². The Labute approximate surface area is 194 Å². The molecule has 1 aromatic heterocycles. The van der Waals surface area contributed by atoms with Crippen molar-refractivity contribution in [2.45, 2.75) is 51.4 Å². The third-order valence-corrected chi connectivity index (χ3v) is 6.38. The Morgan fingerprint density at radius 3 is 2.56 bits per heavy atom. The van der Waals surface area contributed by atoms with Crippen molar-refractivity contribution in [3.63, 3.8) is 0 Å². The maximum Gasteiger partial charge on any atom is 0.326 e. The normalized spacial score (nSPS) is 19.2. The summed E-state index contributed by atoms with van der Waals surface area (Å²) in [4.78, 5) is 28.2. The third-order valence-electron chi connectivity index (χ3n) is 6.38. The summed E-state index contributed by atoms with van der Waals surface area (Å²) < 4.78 is 45.7. The number of aromatic amines is 1. The molecule has 1 atom stereocenters. The molecule has 10 heteroatoms. The van der Waals surface area contributed by atoms with Crippen LogP contribution in [0.25, 0.3) is 11.0 Å². The van der Waals surface area contributed by atoms with Crippen LogP contribution in [0.4, 0.5) is 24.5 Å². The first-order valence-corrected chi connectivity index (χ1v) is 11.2. The van der Waals surface area contributed by atoms with Gasteiger partial charge < -0.3 is 20.4 Å². The average molecular weight is 476 g/mol. The van der Waals surface area contributed by atoms with E-state index in [4.69, 9.17) is 4.74 Å². The van der Waals surface area contributed by atoms with E-state index in [9.17, 15) is 22.8 Å². The number of aryl methyl sites for hydroxylation is 1. The lowest BCUT2D eigenvalue weighted by Crippen LogP contribution is -2.31. The molecule has 34 heavy (non-hydrogen) atoms. The number of nitrogens with zero attached hydrogens (tertiary/aromatic N) is 1. The largest absolute Gasteiger partial charge is 0.496 e. The van der Waals surface area contributed by atoms with E-state index < -0.39 is 18.4 Å². The van der Waals surface area contributed by atoms with Crippen LogP contribution >= 0.6 is 0 Å². The van der Waals surface area contributed by atoms with Crippen molar-refractivity contribution in [2.24, 2.45) is 5.92 Å². The van der Waals surface area contributed by atoms with Gasteiger partial charge in [-0.25, -0.2) is 18.0 Å². The molecule has 182 valence electrons. The highest BCUT2D eigenvalue weighted by Crippen LogP contribution is 2.35. The smallest absolute Gasteiger partial charge is 0.326 e. The number of para-hydroxylation sites is 1. The Kier molecular flexibility index (Phi) is 6.85. The first-order valence-electron chi connectivity index (χ1n) is 11.2. The number of halogens is 3. The molecular formula is C24H27F3N4O3. The zero-order chi connectivity index (χ0) is 24.4. The molecule has 0 aliphatic heterocycles. The molecule has 1 unspecified atom stereocenters. The molecule has 3 aromatic rings. The number of hydrogen-bond acceptors (Lipinski definition) is 4. The van der Waals surface area contributed by atoms with Gasteiger partial charge in [-0.1, -0.05) is 12.1 Å². The zero-order valence-electron chi connectivity index (χ0n) is 18.9. The second-order valence-corrected chi connectivity index (χ2v) is 8.56. The van der Waals surface area contributed by atoms with Crippen LogP contribution < -0.4 is 21.1 Å². The lowest BCUT2D eigenvalue weighted by Gasteiger charge is -2.28. The van der Waals surface area contributed by atoms with Crippen LogP contribution in [-0.4, -0.2) is 35.3 Å². The predicted molar refractivity (Wildman–Crippen MR) is 124 cm³/mol. The molecule has 1 saturated carbocycles. The van der Waals surface area contributed by atoms with Gasteiger partial charge in [0.05, 0.1) is 23.8 Å². The summed E-state index contributed by atoms with van der Waals surface area (Å²) in [7, 11) is 1.58. The Morgan fingerprint density at radius 2 is 1.88 bits per heavy atom. The predicted octanol–water partition coefficient (Wildman–Crippen LogP) is 4.99. The van der Waals surface area contributed by atoms with Crippen molar-refractivity contribution in [3.8, 4) is 5.75 Å². The average Bonchev–Trinajstić information content (AvgIpc) is 3.17. The zero-order valence-corrected chi connectivity index (χ0v) is 18.9. The molecule has 0 bridgehead atoms. The third kappa shape index (κ3) is 4.76. The van der Waals surface area contributed by atoms with Gasteiger partial charge in [-0.3, -0.25) is 9.36 Å². The number of amides is 1. The van der Waals surface area contributed by atoms with Gasteiger partial charge >= 0.3 is 5.69 Å². The summed E-state index contributed by atoms with van der Waals surface area (Å²) in [5.74, 6) is 0.421. The van der Waals surface area contributed by atoms with Crippen LogP contribution in [0.15, 0.2) is 41.2 Å². The highest BCUT2D eigenvalue weighted by molar-refractivity contribution is 5.93. The molecule has 0 spiro atoms. The number of ether oxygens (including phenoxy) is 1. The summed E-state index contributed by atoms with van der Waals surface area (Å²) >= 11 is 0. The summed E-state index contributed by atoms with van der Waals surface area (Å²) in [6, 6.07) is 10.1. The second kappa shape index (κ2) is 9.82. The monoisotopic (exact) mass is 476 g/mol. The molecule has 0 saturated heterocycles. The van der Waals surface area contributed by atoms with E-state index >= 15 is 0 Å². The van der Waals surface area contributed by atoms with Crippen LogP contribution in [-0.2, 0) is 4.79 Å². The fourth-order valence-corrected chi connectivity index (χ4v) is 4.58. The second-order valence-electron chi connectivity index (χ2n) is 8.56. The first-order chi connectivity index (χ1) is 16.3. The number of alkyl halides is 3. The number of anilines is 2. The van der Waals surface area contributed by atoms with Gasteiger partial charge in [0, 0.05) is 23.7 Å². The van der Waals surface area contributed by atoms with Gasteiger partial charge in [-0.2, -0.15) is 0 Å². The topological polar surface area (TPSA) is 88.2 Å². The molecule has 3 N–H and O–H groups in total. The quantitative estimate of drug-likeness (QED) is 0.419. The first kappa shape index (κ1) is 23.7. The fraction of sp³-hybridized carbons (Fsp3) is 0.417. The summed E-state index contributed by atoms with van der Waals surface area (Å²) in [5.41, 5.74) is 2.14. The van der Waals surface area contributed by atoms with Crippen LogP contribution in [0.5, 0.6) is 5.75 Å². The van der Waals surface area contributed by atoms with Crippen LogP contribution in [0.2, 0.25) is 0 Å². The van der Waals surface area contributed by atoms with Gasteiger partial charge in [0.25, 0.3) is 6.43 Å². The maximum absolute atomic E-state index is 13.5. The van der Waals surface area contributed by atoms with Gasteiger partial charge in [0.15, 0.2) is 0 Å². The van der Waals surface area contributed by atoms with Crippen molar-refractivity contribution in [2.75, 3.05) is 17.7 Å². The van der Waals surface area contributed by atoms with Crippen molar-refractivity contribution in [3.05, 3.63) is 52.4 Å². The molecular weight excluding hydrogens is 449 g/mol. The van der Waals surface area contributed by atoms with E-state index in [1.165, 1.54) is 6.07 Å². The minimum atomic E-state index is -3.19. The molecule has 2 aromatic carbocycles. The molecule has 1 aliphatic carbocycles. The van der Waals surface area contributed by atoms with Crippen molar-refractivity contribution in [1.82, 2.24) is 9.55 Å². The van der Waals surface area contributed by atoms with Gasteiger partial charge in [0.2, 0.25) is 12.2 Å². The van der Waals surface area contributed by atoms with Crippen molar-refractivity contribution >= 4 is 28.3 Å². The summed E-state index contributed by atoms with van der Waals surface area (Å²) in [5, 5.41) is 5.06. The number of carbonyl (C=O) groups is 1. The lowest BCUT2D eigenvalue weighted by atomic mass is 9.85. The SMILES string of the molecule is COc1cc(NC(=O)C2CCC(n3c(=O)[nH]c4c(NC(F)C(F)F)cccc43)CC2)ccc1C. The summed E-state index contributed by atoms with van der Waals surface area (Å²) in [6.45, 7) is 1.92. The number of methoxy groups -OCH3 is 1. The highest BCUT2D eigenvalue weighted by atomic mass is 19.3. The van der Waals surface area contributed by atoms with E-state index in [2.05, 4.69) is 15.6 Å². The van der Waals surface area contributed by atoms with Gasteiger partial charge in [0.1, 0.15) is 5.75 Å². The molecule has 7 nitrogen and oxygen atoms in total. The molecule has 0 radical (unpaired) electrons. The number of aromatic nitrogens is 2. The minimum absolute atomic E-state index is 0.0805. The van der Waals surface area contributed by atoms with Crippen LogP contribution in [0.3, 0.4) is 0 Å². The Balaban J connectivity index is 1.46. The Bertz CT molecular complexity index is 1230. The van der Waals surface area contributed by atoms with E-state index in [0.29, 0.717) is 42.6 Å². The number of nitrogens with one attached hydrogen (secondary N) is 3. The van der Waals surface area contributed by atoms with E-state index in [0.717, 1.165) is 5.56 Å². The molecule has 4 rings (SSSR count). The van der Waals surface area contributed by atoms with E-state index in [1.54, 1.807) is 29.9 Å². The number of benzene rings is 2. The molecule has 1 amide bonds. The highest BCUT2D eigenvalue weighted by Gasteiger charge is 2.29. The standard InChI is InChI=1S/C24H27F3N4O3/c1-13-6-9-15(12-19(13)34-2)28-23(32)14-7-10-16(11-8-14)31-18-5-3-4-17(20(18)30-24(31)33)29-22(27)21(25)26/h3-6,9,12,14,16,21-22,29H,7-8,10-11H2,1-2H3,(H,28,32)(H,30,33). The Hall–Kier alpha value is -3.43. The molecule has 1 heterocycles. The lowest BCUT2D eigenvalue weighted by molar-refractivity contribution is -0.121. The summed E-state index contributed by atoms with van der Waals surface area (Å²) in [6.07, 6.45) is -3.35. The molecule has 1 fully saturated rings. The Morgan fingerprint density at radius 1 is 1.15 bits per heavy atom. The van der Waals surface area contributed by atoms with E-state index in [1.807, 2.05) is 19.1 Å². The van der Waals surface area contributed by atoms with Gasteiger partial charge in [-0.15, -0.1) is 0 Å². The number of H-pyrrole nitrogens is 1. The van der Waals surface area contributed by atoms with Crippen LogP contribution in [0, 0.1) is 12.8 Å². The van der Waals surface area contributed by atoms with Crippen molar-refractivity contribution < 1.29 is 22.7 Å². The van der Waals surface area contributed by atoms with Crippen molar-refractivity contribution in [1.29, 1.82) is 0 Å². The maximum atomic E-state index is 13.5. The number of fused-ring (bicyclic) bond motifs is 1. The van der Waals surface area contributed by atoms with Gasteiger partial charge in [-0.05, 0) is 56.4 Å².